The molecule has 1 amide bonds. The van der Waals surface area contributed by atoms with Crippen LogP contribution in [0, 0.1) is 5.92 Å². The fraction of sp³-hybridized carbons (Fsp3) is 0.882. The van der Waals surface area contributed by atoms with Crippen molar-refractivity contribution in [2.24, 2.45) is 5.92 Å². The highest BCUT2D eigenvalue weighted by Gasteiger charge is 2.42. The molecule has 23 heavy (non-hydrogen) atoms. The lowest BCUT2D eigenvalue weighted by Crippen LogP contribution is -2.43. The number of nitrogens with zero attached hydrogens (tertiary/aromatic N) is 1. The second-order valence-corrected chi connectivity index (χ2v) is 7.68. The molecule has 0 bridgehead atoms. The molecule has 0 aromatic carbocycles. The highest BCUT2D eigenvalue weighted by Crippen LogP contribution is 2.27. The first kappa shape index (κ1) is 18.0. The van der Waals surface area contributed by atoms with Gasteiger partial charge in [0.15, 0.2) is 0 Å². The number of carboxylic acids is 1. The minimum absolute atomic E-state index is 0.217. The Balaban J connectivity index is 1.89. The Morgan fingerprint density at radius 2 is 1.83 bits per heavy atom. The molecule has 6 nitrogen and oxygen atoms in total. The minimum Gasteiger partial charge on any atom is -0.480 e. The maximum absolute atomic E-state index is 12.2. The van der Waals surface area contributed by atoms with Crippen LogP contribution in [0.5, 0.6) is 0 Å². The Morgan fingerprint density at radius 3 is 2.39 bits per heavy atom. The molecule has 0 aromatic heterocycles. The molecule has 6 heteroatoms. The van der Waals surface area contributed by atoms with E-state index in [0.717, 1.165) is 0 Å². The van der Waals surface area contributed by atoms with E-state index in [2.05, 4.69) is 0 Å². The lowest BCUT2D eigenvalue weighted by atomic mass is 9.90. The molecule has 2 aliphatic rings. The van der Waals surface area contributed by atoms with Crippen LogP contribution < -0.4 is 0 Å². The van der Waals surface area contributed by atoms with Crippen molar-refractivity contribution in [3.63, 3.8) is 0 Å². The molecule has 1 aliphatic heterocycles. The molecule has 0 spiro atoms. The van der Waals surface area contributed by atoms with Crippen molar-refractivity contribution in [3.05, 3.63) is 0 Å². The number of aliphatic carboxylic acids is 1. The van der Waals surface area contributed by atoms with E-state index < -0.39 is 23.7 Å². The number of amides is 1. The van der Waals surface area contributed by atoms with Gasteiger partial charge in [0, 0.05) is 13.0 Å². The van der Waals surface area contributed by atoms with E-state index in [-0.39, 0.29) is 6.10 Å². The number of carbonyl (C=O) groups excluding carboxylic acids is 1. The van der Waals surface area contributed by atoms with E-state index in [0.29, 0.717) is 25.5 Å². The molecule has 0 unspecified atom stereocenters. The van der Waals surface area contributed by atoms with Gasteiger partial charge in [-0.3, -0.25) is 4.90 Å². The van der Waals surface area contributed by atoms with E-state index in [1.807, 2.05) is 0 Å². The average molecular weight is 327 g/mol. The summed E-state index contributed by atoms with van der Waals surface area (Å²) in [5.41, 5.74) is -0.638. The summed E-state index contributed by atoms with van der Waals surface area (Å²) in [5, 5.41) is 9.36. The first-order valence-corrected chi connectivity index (χ1v) is 8.60. The van der Waals surface area contributed by atoms with Gasteiger partial charge in [-0.1, -0.05) is 19.3 Å². The highest BCUT2D eigenvalue weighted by molar-refractivity contribution is 5.81. The van der Waals surface area contributed by atoms with Gasteiger partial charge in [0.1, 0.15) is 11.6 Å². The third-order valence-electron chi connectivity index (χ3n) is 4.47. The van der Waals surface area contributed by atoms with Crippen molar-refractivity contribution in [1.29, 1.82) is 0 Å². The molecule has 1 N–H and O–H groups in total. The third-order valence-corrected chi connectivity index (χ3v) is 4.47. The summed E-state index contributed by atoms with van der Waals surface area (Å²) in [4.78, 5) is 24.9. The Hall–Kier alpha value is -1.30. The first-order chi connectivity index (χ1) is 10.8. The van der Waals surface area contributed by atoms with E-state index in [1.165, 1.54) is 37.0 Å². The fourth-order valence-corrected chi connectivity index (χ4v) is 3.30. The lowest BCUT2D eigenvalue weighted by molar-refractivity contribution is -0.142. The van der Waals surface area contributed by atoms with Gasteiger partial charge in [-0.2, -0.15) is 0 Å². The molecule has 0 radical (unpaired) electrons. The van der Waals surface area contributed by atoms with Crippen LogP contribution in [0.25, 0.3) is 0 Å². The molecule has 1 saturated heterocycles. The number of rotatable bonds is 4. The van der Waals surface area contributed by atoms with Crippen LogP contribution in [-0.4, -0.2) is 53.0 Å². The quantitative estimate of drug-likeness (QED) is 0.859. The van der Waals surface area contributed by atoms with E-state index >= 15 is 0 Å². The van der Waals surface area contributed by atoms with Crippen LogP contribution in [0.2, 0.25) is 0 Å². The van der Waals surface area contributed by atoms with Crippen LogP contribution in [0.4, 0.5) is 4.79 Å². The highest BCUT2D eigenvalue weighted by atomic mass is 16.6. The van der Waals surface area contributed by atoms with Crippen LogP contribution in [-0.2, 0) is 14.3 Å². The Kier molecular flexibility index (Phi) is 5.89. The van der Waals surface area contributed by atoms with E-state index in [1.54, 1.807) is 20.8 Å². The number of hydrogen-bond donors (Lipinski definition) is 1. The van der Waals surface area contributed by atoms with E-state index in [4.69, 9.17) is 9.47 Å². The maximum Gasteiger partial charge on any atom is 0.411 e. The molecule has 2 rings (SSSR count). The molecule has 2 atom stereocenters. The molecular formula is C17H29NO5. The smallest absolute Gasteiger partial charge is 0.411 e. The molecule has 1 saturated carbocycles. The SMILES string of the molecule is CC(C)(C)OC(=O)N1C[C@@H](OCC2CCCCC2)C[C@H]1C(=O)O. The Labute approximate surface area is 138 Å². The van der Waals surface area contributed by atoms with Crippen molar-refractivity contribution >= 4 is 12.1 Å². The molecular weight excluding hydrogens is 298 g/mol. The number of likely N-dealkylation sites (tertiary alicyclic amines) is 1. The summed E-state index contributed by atoms with van der Waals surface area (Å²) < 4.78 is 11.2. The Morgan fingerprint density at radius 1 is 1.17 bits per heavy atom. The van der Waals surface area contributed by atoms with Crippen molar-refractivity contribution in [1.82, 2.24) is 4.90 Å². The zero-order valence-electron chi connectivity index (χ0n) is 14.4. The summed E-state index contributed by atoms with van der Waals surface area (Å²) in [5.74, 6) is -0.428. The second-order valence-electron chi connectivity index (χ2n) is 7.68. The molecule has 1 aliphatic carbocycles. The molecule has 132 valence electrons. The van der Waals surface area contributed by atoms with Gasteiger partial charge in [0.2, 0.25) is 0 Å². The summed E-state index contributed by atoms with van der Waals surface area (Å²) >= 11 is 0. The van der Waals surface area contributed by atoms with Crippen molar-refractivity contribution < 1.29 is 24.2 Å². The fourth-order valence-electron chi connectivity index (χ4n) is 3.30. The van der Waals surface area contributed by atoms with Gasteiger partial charge in [-0.05, 0) is 39.5 Å². The molecule has 0 aromatic rings. The zero-order chi connectivity index (χ0) is 17.0. The van der Waals surface area contributed by atoms with Gasteiger partial charge < -0.3 is 14.6 Å². The number of ether oxygens (including phenoxy) is 2. The van der Waals surface area contributed by atoms with Crippen molar-refractivity contribution in [2.75, 3.05) is 13.2 Å². The van der Waals surface area contributed by atoms with E-state index in [9.17, 15) is 14.7 Å². The number of carbonyl (C=O) groups is 2. The van der Waals surface area contributed by atoms with Crippen molar-refractivity contribution in [2.45, 2.75) is 77.0 Å². The van der Waals surface area contributed by atoms with Gasteiger partial charge in [0.25, 0.3) is 0 Å². The topological polar surface area (TPSA) is 76.1 Å². The summed E-state index contributed by atoms with van der Waals surface area (Å²) in [6, 6.07) is -0.860. The standard InChI is InChI=1S/C17H29NO5/c1-17(2,3)23-16(21)18-10-13(9-14(18)15(19)20)22-11-12-7-5-4-6-8-12/h12-14H,4-11H2,1-3H3,(H,19,20)/t13-,14-/m0/s1. The van der Waals surface area contributed by atoms with Gasteiger partial charge >= 0.3 is 12.1 Å². The summed E-state index contributed by atoms with van der Waals surface area (Å²) in [6.45, 7) is 6.27. The van der Waals surface area contributed by atoms with Crippen LogP contribution >= 0.6 is 0 Å². The van der Waals surface area contributed by atoms with Crippen LogP contribution in [0.15, 0.2) is 0 Å². The molecule has 2 fully saturated rings. The minimum atomic E-state index is -1.00. The van der Waals surface area contributed by atoms with Gasteiger partial charge in [-0.25, -0.2) is 9.59 Å². The summed E-state index contributed by atoms with van der Waals surface area (Å²) in [7, 11) is 0. The zero-order valence-corrected chi connectivity index (χ0v) is 14.4. The number of hydrogen-bond acceptors (Lipinski definition) is 4. The first-order valence-electron chi connectivity index (χ1n) is 8.60. The van der Waals surface area contributed by atoms with Crippen LogP contribution in [0.3, 0.4) is 0 Å². The van der Waals surface area contributed by atoms with Gasteiger partial charge in [0.05, 0.1) is 12.6 Å². The lowest BCUT2D eigenvalue weighted by Gasteiger charge is -2.26. The maximum atomic E-state index is 12.2. The normalized spacial score (nSPS) is 26.3. The largest absolute Gasteiger partial charge is 0.480 e. The number of carboxylic acid groups (broad SMARTS) is 1. The van der Waals surface area contributed by atoms with Crippen LogP contribution in [0.1, 0.15) is 59.3 Å². The third kappa shape index (κ3) is 5.37. The second kappa shape index (κ2) is 7.51. The Bertz CT molecular complexity index is 425. The van der Waals surface area contributed by atoms with Gasteiger partial charge in [-0.15, -0.1) is 0 Å². The van der Waals surface area contributed by atoms with Crippen molar-refractivity contribution in [3.8, 4) is 0 Å². The average Bonchev–Trinajstić information content (AvgIpc) is 2.89. The molecule has 1 heterocycles. The summed E-state index contributed by atoms with van der Waals surface area (Å²) in [6.07, 6.45) is 5.71. The predicted octanol–water partition coefficient (Wildman–Crippen LogP) is 3.05. The predicted molar refractivity (Wildman–Crippen MR) is 85.3 cm³/mol. The monoisotopic (exact) mass is 327 g/mol.